The summed E-state index contributed by atoms with van der Waals surface area (Å²) in [4.78, 5) is 25.0. The van der Waals surface area contributed by atoms with E-state index in [4.69, 9.17) is 14.2 Å². The molecular weight excluding hydrogens is 484 g/mol. The van der Waals surface area contributed by atoms with Gasteiger partial charge in [0.2, 0.25) is 0 Å². The molecule has 0 aliphatic heterocycles. The van der Waals surface area contributed by atoms with E-state index in [1.807, 2.05) is 30.3 Å². The molecule has 172 valence electrons. The first-order valence-corrected chi connectivity index (χ1v) is 11.7. The van der Waals surface area contributed by atoms with Gasteiger partial charge in [0.25, 0.3) is 0 Å². The minimum Gasteiger partial charge on any atom is -0.492 e. The second-order valence-electron chi connectivity index (χ2n) is 7.97. The highest BCUT2D eigenvalue weighted by Crippen LogP contribution is 2.27. The maximum Gasteiger partial charge on any atom is 0.343 e. The highest BCUT2D eigenvalue weighted by atomic mass is 79.9. The first-order chi connectivity index (χ1) is 15.9. The number of hydrogen-bond donors (Lipinski definition) is 0. The second-order valence-corrected chi connectivity index (χ2v) is 8.82. The first kappa shape index (κ1) is 24.5. The van der Waals surface area contributed by atoms with E-state index >= 15 is 0 Å². The minimum absolute atomic E-state index is 0.269. The van der Waals surface area contributed by atoms with Crippen molar-refractivity contribution >= 4 is 27.9 Å². The third-order valence-electron chi connectivity index (χ3n) is 4.87. The van der Waals surface area contributed by atoms with Gasteiger partial charge in [-0.25, -0.2) is 9.59 Å². The zero-order valence-corrected chi connectivity index (χ0v) is 20.3. The van der Waals surface area contributed by atoms with Gasteiger partial charge in [-0.3, -0.25) is 0 Å². The van der Waals surface area contributed by atoms with Gasteiger partial charge >= 0.3 is 11.9 Å². The third-order valence-corrected chi connectivity index (χ3v) is 5.49. The Hall–Kier alpha value is -3.12. The van der Waals surface area contributed by atoms with Crippen LogP contribution in [-0.2, 0) is 11.2 Å². The molecule has 3 rings (SSSR count). The Labute approximate surface area is 202 Å². The molecule has 0 unspecified atom stereocenters. The Balaban J connectivity index is 1.56. The standard InChI is InChI=1S/C27H27BrO5/c1-19(2)13-15-31-25-12-11-22(18-24(25)28)27(30)33-23-10-6-9-21(17-23)26(29)32-16-14-20-7-4-3-5-8-20/h3-12,17-19H,13-16H2,1-2H3. The maximum atomic E-state index is 12.6. The van der Waals surface area contributed by atoms with Gasteiger partial charge in [-0.2, -0.15) is 0 Å². The topological polar surface area (TPSA) is 61.8 Å². The highest BCUT2D eigenvalue weighted by molar-refractivity contribution is 9.10. The molecule has 3 aromatic carbocycles. The normalized spacial score (nSPS) is 10.7. The largest absolute Gasteiger partial charge is 0.492 e. The summed E-state index contributed by atoms with van der Waals surface area (Å²) < 4.78 is 17.2. The Bertz CT molecular complexity index is 1080. The summed E-state index contributed by atoms with van der Waals surface area (Å²) in [5.74, 6) is 0.502. The molecule has 0 aromatic heterocycles. The second kappa shape index (κ2) is 12.2. The smallest absolute Gasteiger partial charge is 0.343 e. The van der Waals surface area contributed by atoms with Crippen LogP contribution in [0, 0.1) is 5.92 Å². The number of carbonyl (C=O) groups excluding carboxylic acids is 2. The van der Waals surface area contributed by atoms with Crippen LogP contribution in [0.4, 0.5) is 0 Å². The molecule has 3 aromatic rings. The minimum atomic E-state index is -0.529. The van der Waals surface area contributed by atoms with Gasteiger partial charge in [-0.15, -0.1) is 0 Å². The van der Waals surface area contributed by atoms with Crippen LogP contribution in [0.25, 0.3) is 0 Å². The quantitative estimate of drug-likeness (QED) is 0.230. The van der Waals surface area contributed by atoms with Crippen molar-refractivity contribution < 1.29 is 23.8 Å². The van der Waals surface area contributed by atoms with Crippen LogP contribution in [-0.4, -0.2) is 25.2 Å². The molecule has 0 N–H and O–H groups in total. The van der Waals surface area contributed by atoms with E-state index < -0.39 is 11.9 Å². The van der Waals surface area contributed by atoms with Gasteiger partial charge in [0.1, 0.15) is 11.5 Å². The number of benzene rings is 3. The number of esters is 2. The van der Waals surface area contributed by atoms with Crippen molar-refractivity contribution in [2.24, 2.45) is 5.92 Å². The number of ether oxygens (including phenoxy) is 3. The van der Waals surface area contributed by atoms with Crippen LogP contribution in [0.15, 0.2) is 77.3 Å². The molecular formula is C27H27BrO5. The fraction of sp³-hybridized carbons (Fsp3) is 0.259. The van der Waals surface area contributed by atoms with Crippen molar-refractivity contribution in [3.05, 3.63) is 94.0 Å². The lowest BCUT2D eigenvalue weighted by Crippen LogP contribution is -2.11. The molecule has 0 atom stereocenters. The Morgan fingerprint density at radius 3 is 2.33 bits per heavy atom. The summed E-state index contributed by atoms with van der Waals surface area (Å²) in [6, 6.07) is 21.3. The molecule has 0 saturated heterocycles. The number of halogens is 1. The van der Waals surface area contributed by atoms with Crippen LogP contribution in [0.2, 0.25) is 0 Å². The van der Waals surface area contributed by atoms with Crippen molar-refractivity contribution in [1.29, 1.82) is 0 Å². The van der Waals surface area contributed by atoms with Crippen LogP contribution in [0.5, 0.6) is 11.5 Å². The van der Waals surface area contributed by atoms with E-state index in [0.717, 1.165) is 12.0 Å². The van der Waals surface area contributed by atoms with E-state index in [1.54, 1.807) is 36.4 Å². The molecule has 0 heterocycles. The zero-order valence-electron chi connectivity index (χ0n) is 18.8. The predicted octanol–water partition coefficient (Wildman–Crippen LogP) is 6.49. The van der Waals surface area contributed by atoms with Crippen LogP contribution in [0.3, 0.4) is 0 Å². The van der Waals surface area contributed by atoms with Gasteiger partial charge in [0, 0.05) is 6.42 Å². The lowest BCUT2D eigenvalue weighted by atomic mass is 10.1. The molecule has 33 heavy (non-hydrogen) atoms. The first-order valence-electron chi connectivity index (χ1n) is 10.9. The van der Waals surface area contributed by atoms with Gasteiger partial charge in [0.15, 0.2) is 0 Å². The number of hydrogen-bond acceptors (Lipinski definition) is 5. The van der Waals surface area contributed by atoms with E-state index in [2.05, 4.69) is 29.8 Å². The fourth-order valence-electron chi connectivity index (χ4n) is 2.99. The SMILES string of the molecule is CC(C)CCOc1ccc(C(=O)Oc2cccc(C(=O)OCCc3ccccc3)c2)cc1Br. The molecule has 0 saturated carbocycles. The Morgan fingerprint density at radius 1 is 0.848 bits per heavy atom. The van der Waals surface area contributed by atoms with E-state index in [1.165, 1.54) is 6.07 Å². The molecule has 0 radical (unpaired) electrons. The lowest BCUT2D eigenvalue weighted by molar-refractivity contribution is 0.0507. The van der Waals surface area contributed by atoms with Gasteiger partial charge in [0.05, 0.1) is 28.8 Å². The van der Waals surface area contributed by atoms with Crippen molar-refractivity contribution in [3.63, 3.8) is 0 Å². The van der Waals surface area contributed by atoms with E-state index in [9.17, 15) is 9.59 Å². The molecule has 6 heteroatoms. The van der Waals surface area contributed by atoms with Crippen LogP contribution < -0.4 is 9.47 Å². The molecule has 0 fully saturated rings. The summed E-state index contributed by atoms with van der Waals surface area (Å²) in [7, 11) is 0. The molecule has 0 amide bonds. The Kier molecular flexibility index (Phi) is 9.07. The summed E-state index contributed by atoms with van der Waals surface area (Å²) in [5, 5.41) is 0. The average Bonchev–Trinajstić information content (AvgIpc) is 2.80. The maximum absolute atomic E-state index is 12.6. The summed E-state index contributed by atoms with van der Waals surface area (Å²) >= 11 is 3.45. The molecule has 0 bridgehead atoms. The van der Waals surface area contributed by atoms with Crippen LogP contribution >= 0.6 is 15.9 Å². The van der Waals surface area contributed by atoms with E-state index in [-0.39, 0.29) is 12.4 Å². The molecule has 0 spiro atoms. The zero-order chi connectivity index (χ0) is 23.6. The highest BCUT2D eigenvalue weighted by Gasteiger charge is 2.14. The molecule has 0 aliphatic rings. The summed E-state index contributed by atoms with van der Waals surface area (Å²) in [5.41, 5.74) is 1.79. The van der Waals surface area contributed by atoms with Crippen LogP contribution in [0.1, 0.15) is 46.5 Å². The van der Waals surface area contributed by atoms with Gasteiger partial charge in [-0.1, -0.05) is 50.2 Å². The number of carbonyl (C=O) groups is 2. The monoisotopic (exact) mass is 510 g/mol. The summed E-state index contributed by atoms with van der Waals surface area (Å²) in [6.45, 7) is 5.15. The van der Waals surface area contributed by atoms with Gasteiger partial charge in [-0.05, 0) is 70.2 Å². The number of rotatable bonds is 10. The summed E-state index contributed by atoms with van der Waals surface area (Å²) in [6.07, 6.45) is 1.58. The average molecular weight is 511 g/mol. The van der Waals surface area contributed by atoms with Gasteiger partial charge < -0.3 is 14.2 Å². The van der Waals surface area contributed by atoms with Crippen molar-refractivity contribution in [2.75, 3.05) is 13.2 Å². The fourth-order valence-corrected chi connectivity index (χ4v) is 3.48. The molecule has 5 nitrogen and oxygen atoms in total. The third kappa shape index (κ3) is 7.75. The van der Waals surface area contributed by atoms with E-state index in [0.29, 0.717) is 40.3 Å². The molecule has 0 aliphatic carbocycles. The lowest BCUT2D eigenvalue weighted by Gasteiger charge is -2.11. The Morgan fingerprint density at radius 2 is 1.61 bits per heavy atom. The van der Waals surface area contributed by atoms with Crippen molar-refractivity contribution in [1.82, 2.24) is 0 Å². The predicted molar refractivity (Wildman–Crippen MR) is 131 cm³/mol. The van der Waals surface area contributed by atoms with Crippen molar-refractivity contribution in [3.8, 4) is 11.5 Å². The van der Waals surface area contributed by atoms with Crippen molar-refractivity contribution in [2.45, 2.75) is 26.7 Å².